The van der Waals surface area contributed by atoms with Gasteiger partial charge in [-0.2, -0.15) is 0 Å². The third-order valence-corrected chi connectivity index (χ3v) is 6.30. The molecule has 1 fully saturated rings. The van der Waals surface area contributed by atoms with Crippen LogP contribution < -0.4 is 5.32 Å². The second-order valence-electron chi connectivity index (χ2n) is 6.37. The van der Waals surface area contributed by atoms with Crippen molar-refractivity contribution >= 4 is 11.8 Å². The molecule has 2 unspecified atom stereocenters. The van der Waals surface area contributed by atoms with E-state index in [1.165, 1.54) is 56.4 Å². The fraction of sp³-hybridized carbons (Fsp3) is 0.667. The van der Waals surface area contributed by atoms with E-state index in [1.54, 1.807) is 5.56 Å². The molecule has 1 aliphatic carbocycles. The topological polar surface area (TPSA) is 12.0 Å². The molecule has 2 atom stereocenters. The third-order valence-electron chi connectivity index (χ3n) is 4.98. The van der Waals surface area contributed by atoms with Gasteiger partial charge in [0, 0.05) is 22.7 Å². The lowest BCUT2D eigenvalue weighted by Crippen LogP contribution is -2.40. The van der Waals surface area contributed by atoms with Crippen LogP contribution in [0.3, 0.4) is 0 Å². The standard InChI is InChI=1S/C18H27NS/c1-2-17(14-8-4-3-5-9-14)19-13-16-12-15-10-6-7-11-18(15)20-16/h6-7,10-11,14,16-17,19H,2-5,8-9,12-13H2,1H3. The highest BCUT2D eigenvalue weighted by atomic mass is 32.2. The maximum Gasteiger partial charge on any atom is 0.0260 e. The van der Waals surface area contributed by atoms with E-state index in [0.717, 1.165) is 17.2 Å². The maximum atomic E-state index is 3.90. The van der Waals surface area contributed by atoms with Gasteiger partial charge in [-0.15, -0.1) is 11.8 Å². The van der Waals surface area contributed by atoms with Gasteiger partial charge in [0.25, 0.3) is 0 Å². The van der Waals surface area contributed by atoms with Crippen LogP contribution in [0.5, 0.6) is 0 Å². The second-order valence-corrected chi connectivity index (χ2v) is 7.71. The average Bonchev–Trinajstić information content (AvgIpc) is 2.92. The summed E-state index contributed by atoms with van der Waals surface area (Å²) in [5.41, 5.74) is 1.55. The summed E-state index contributed by atoms with van der Waals surface area (Å²) in [5, 5.41) is 4.64. The van der Waals surface area contributed by atoms with Gasteiger partial charge in [-0.3, -0.25) is 0 Å². The Balaban J connectivity index is 1.49. The van der Waals surface area contributed by atoms with Crippen LogP contribution in [0, 0.1) is 5.92 Å². The molecule has 1 nitrogen and oxygen atoms in total. The monoisotopic (exact) mass is 289 g/mol. The zero-order chi connectivity index (χ0) is 13.8. The first kappa shape index (κ1) is 14.5. The predicted molar refractivity (Wildman–Crippen MR) is 88.4 cm³/mol. The van der Waals surface area contributed by atoms with Crippen LogP contribution in [0.4, 0.5) is 0 Å². The van der Waals surface area contributed by atoms with Gasteiger partial charge in [-0.05, 0) is 43.2 Å². The first-order valence-electron chi connectivity index (χ1n) is 8.34. The molecule has 0 bridgehead atoms. The van der Waals surface area contributed by atoms with Crippen LogP contribution >= 0.6 is 11.8 Å². The molecule has 2 heteroatoms. The highest BCUT2D eigenvalue weighted by Gasteiger charge is 2.25. The number of hydrogen-bond donors (Lipinski definition) is 1. The van der Waals surface area contributed by atoms with E-state index in [9.17, 15) is 0 Å². The van der Waals surface area contributed by atoms with Gasteiger partial charge in [-0.1, -0.05) is 44.4 Å². The summed E-state index contributed by atoms with van der Waals surface area (Å²) in [4.78, 5) is 1.50. The Morgan fingerprint density at radius 1 is 1.20 bits per heavy atom. The molecule has 1 heterocycles. The summed E-state index contributed by atoms with van der Waals surface area (Å²) in [6.45, 7) is 3.52. The van der Waals surface area contributed by atoms with Gasteiger partial charge < -0.3 is 5.32 Å². The van der Waals surface area contributed by atoms with Crippen LogP contribution in [0.2, 0.25) is 0 Å². The molecule has 110 valence electrons. The van der Waals surface area contributed by atoms with Crippen molar-refractivity contribution in [3.63, 3.8) is 0 Å². The third kappa shape index (κ3) is 3.40. The highest BCUT2D eigenvalue weighted by Crippen LogP contribution is 2.36. The summed E-state index contributed by atoms with van der Waals surface area (Å²) in [6, 6.07) is 9.66. The molecule has 0 spiro atoms. The minimum absolute atomic E-state index is 0.741. The summed E-state index contributed by atoms with van der Waals surface area (Å²) in [5.74, 6) is 0.933. The summed E-state index contributed by atoms with van der Waals surface area (Å²) in [6.07, 6.45) is 9.79. The van der Waals surface area contributed by atoms with Gasteiger partial charge in [-0.25, -0.2) is 0 Å². The van der Waals surface area contributed by atoms with E-state index in [2.05, 4.69) is 48.3 Å². The lowest BCUT2D eigenvalue weighted by molar-refractivity contribution is 0.263. The number of nitrogens with one attached hydrogen (secondary N) is 1. The summed E-state index contributed by atoms with van der Waals surface area (Å²) in [7, 11) is 0. The number of rotatable bonds is 5. The van der Waals surface area contributed by atoms with Crippen molar-refractivity contribution in [2.24, 2.45) is 5.92 Å². The number of benzene rings is 1. The van der Waals surface area contributed by atoms with Crippen LogP contribution in [0.15, 0.2) is 29.2 Å². The smallest absolute Gasteiger partial charge is 0.0260 e. The molecule has 0 radical (unpaired) electrons. The Bertz CT molecular complexity index is 400. The van der Waals surface area contributed by atoms with E-state index >= 15 is 0 Å². The first-order chi connectivity index (χ1) is 9.86. The summed E-state index contributed by atoms with van der Waals surface area (Å²) >= 11 is 2.07. The van der Waals surface area contributed by atoms with Gasteiger partial charge in [0.05, 0.1) is 0 Å². The molecule has 0 amide bonds. The highest BCUT2D eigenvalue weighted by molar-refractivity contribution is 8.00. The molecule has 1 aromatic rings. The predicted octanol–water partition coefficient (Wildman–Crippen LogP) is 4.65. The lowest BCUT2D eigenvalue weighted by atomic mass is 9.83. The lowest BCUT2D eigenvalue weighted by Gasteiger charge is -2.31. The average molecular weight is 289 g/mol. The van der Waals surface area contributed by atoms with E-state index in [4.69, 9.17) is 0 Å². The second kappa shape index (κ2) is 7.00. The van der Waals surface area contributed by atoms with Crippen LogP contribution in [0.25, 0.3) is 0 Å². The maximum absolute atomic E-state index is 3.90. The van der Waals surface area contributed by atoms with Crippen molar-refractivity contribution in [2.75, 3.05) is 6.54 Å². The Morgan fingerprint density at radius 3 is 2.75 bits per heavy atom. The molecule has 0 aromatic heterocycles. The zero-order valence-corrected chi connectivity index (χ0v) is 13.4. The molecule has 3 rings (SSSR count). The van der Waals surface area contributed by atoms with Gasteiger partial charge in [0.2, 0.25) is 0 Å². The van der Waals surface area contributed by atoms with Crippen molar-refractivity contribution in [1.82, 2.24) is 5.32 Å². The van der Waals surface area contributed by atoms with Gasteiger partial charge in [0.15, 0.2) is 0 Å². The number of thioether (sulfide) groups is 1. The molecule has 20 heavy (non-hydrogen) atoms. The Hall–Kier alpha value is -0.470. The molecule has 2 aliphatic rings. The Labute approximate surface area is 127 Å². The van der Waals surface area contributed by atoms with Crippen molar-refractivity contribution in [1.29, 1.82) is 0 Å². The molecular formula is C18H27NS. The van der Waals surface area contributed by atoms with E-state index in [-0.39, 0.29) is 0 Å². The molecule has 1 N–H and O–H groups in total. The molecular weight excluding hydrogens is 262 g/mol. The minimum atomic E-state index is 0.741. The first-order valence-corrected chi connectivity index (χ1v) is 9.22. The quantitative estimate of drug-likeness (QED) is 0.846. The summed E-state index contributed by atoms with van der Waals surface area (Å²) < 4.78 is 0. The molecule has 1 aromatic carbocycles. The molecule has 0 saturated heterocycles. The minimum Gasteiger partial charge on any atom is -0.313 e. The Morgan fingerprint density at radius 2 is 2.00 bits per heavy atom. The van der Waals surface area contributed by atoms with E-state index in [1.807, 2.05) is 0 Å². The fourth-order valence-corrected chi connectivity index (χ4v) is 5.09. The molecule has 1 saturated carbocycles. The van der Waals surface area contributed by atoms with Crippen LogP contribution in [-0.2, 0) is 6.42 Å². The largest absolute Gasteiger partial charge is 0.313 e. The fourth-order valence-electron chi connectivity index (χ4n) is 3.83. The normalized spacial score (nSPS) is 24.6. The van der Waals surface area contributed by atoms with Gasteiger partial charge in [0.1, 0.15) is 0 Å². The van der Waals surface area contributed by atoms with E-state index in [0.29, 0.717) is 0 Å². The van der Waals surface area contributed by atoms with E-state index < -0.39 is 0 Å². The van der Waals surface area contributed by atoms with Crippen molar-refractivity contribution in [3.8, 4) is 0 Å². The number of hydrogen-bond acceptors (Lipinski definition) is 2. The van der Waals surface area contributed by atoms with Crippen LogP contribution in [-0.4, -0.2) is 17.8 Å². The van der Waals surface area contributed by atoms with Crippen molar-refractivity contribution < 1.29 is 0 Å². The van der Waals surface area contributed by atoms with Crippen molar-refractivity contribution in [3.05, 3.63) is 29.8 Å². The van der Waals surface area contributed by atoms with Crippen LogP contribution in [0.1, 0.15) is 51.0 Å². The molecule has 1 aliphatic heterocycles. The Kier molecular flexibility index (Phi) is 5.06. The van der Waals surface area contributed by atoms with Crippen molar-refractivity contribution in [2.45, 2.75) is 68.1 Å². The van der Waals surface area contributed by atoms with Gasteiger partial charge >= 0.3 is 0 Å². The SMILES string of the molecule is CCC(NCC1Cc2ccccc2S1)C1CCCCC1. The zero-order valence-electron chi connectivity index (χ0n) is 12.6. The number of fused-ring (bicyclic) bond motifs is 1.